The summed E-state index contributed by atoms with van der Waals surface area (Å²) in [5.41, 5.74) is 4.33. The van der Waals surface area contributed by atoms with Crippen molar-refractivity contribution in [1.82, 2.24) is 39.9 Å². The first-order valence-electron chi connectivity index (χ1n) is 58.8. The molecule has 0 atom stereocenters. The van der Waals surface area contributed by atoms with Crippen LogP contribution in [0.5, 0.6) is 46.0 Å². The third kappa shape index (κ3) is 45.8. The van der Waals surface area contributed by atoms with Crippen molar-refractivity contribution >= 4 is 44.1 Å². The fraction of sp³-hybridized carbons (Fsp3) is 0.733. The molecular formula is C120H194N8O16. The fourth-order valence-corrected chi connectivity index (χ4v) is 20.1. The lowest BCUT2D eigenvalue weighted by Gasteiger charge is -2.15. The number of aromatic nitrogens is 8. The van der Waals surface area contributed by atoms with Crippen LogP contribution in [0.1, 0.15) is 462 Å². The maximum Gasteiger partial charge on any atom is 0.168 e. The molecule has 7 aromatic rings. The van der Waals surface area contributed by atoms with Gasteiger partial charge in [-0.05, 0) is 151 Å². The molecule has 810 valence electrons. The van der Waals surface area contributed by atoms with E-state index in [1.54, 1.807) is 0 Å². The van der Waals surface area contributed by atoms with Crippen LogP contribution in [0.15, 0.2) is 48.5 Å². The predicted octanol–water partition coefficient (Wildman–Crippen LogP) is 29.9. The van der Waals surface area contributed by atoms with Crippen molar-refractivity contribution in [2.24, 2.45) is 0 Å². The molecule has 4 aromatic carbocycles. The van der Waals surface area contributed by atoms with Gasteiger partial charge in [0.2, 0.25) is 0 Å². The fourth-order valence-electron chi connectivity index (χ4n) is 20.1. The van der Waals surface area contributed by atoms with Crippen molar-refractivity contribution in [3.63, 3.8) is 0 Å². The third-order valence-corrected chi connectivity index (χ3v) is 28.6. The largest absolute Gasteiger partial charge is 0.493 e. The number of unbranched alkanes of at least 4 members (excludes halogenated alkanes) is 64. The molecule has 0 aliphatic carbocycles. The van der Waals surface area contributed by atoms with E-state index in [9.17, 15) is 40.9 Å². The van der Waals surface area contributed by atoms with Crippen LogP contribution in [0.3, 0.4) is 0 Å². The summed E-state index contributed by atoms with van der Waals surface area (Å²) in [5.74, 6) is 6.25. The van der Waals surface area contributed by atoms with Gasteiger partial charge in [0.15, 0.2) is 23.3 Å². The SMILES string of the molecule is OCCCCCCCCCCCOc1ccc(OCCCCCCCCCCCO)c2c1-c1nc-2nc2[nH]c(nc3nc(nc4[nH]c(n1)c1c(OCCCCCCCCCCCO)ccc(OCCCCCCCCCCCO)c41)-c1c(OCCCCCCCCCCCO)ccc(OCCCCCCCCCCCO)c1-3)c1c(OCCCCCCCCCCCO)ccc(OCCCCCCCCCCCO)c21. The monoisotopic (exact) mass is 2000 g/mol. The molecular weight excluding hydrogens is 1810 g/mol. The minimum atomic E-state index is 0.245. The van der Waals surface area contributed by atoms with Crippen LogP contribution >= 0.6 is 0 Å². The average molecular weight is 2000 g/mol. The van der Waals surface area contributed by atoms with Crippen molar-refractivity contribution < 1.29 is 78.7 Å². The quantitative estimate of drug-likeness (QED) is 0.0158. The van der Waals surface area contributed by atoms with Crippen molar-refractivity contribution in [3.05, 3.63) is 48.5 Å². The highest BCUT2D eigenvalue weighted by Crippen LogP contribution is 2.51. The highest BCUT2D eigenvalue weighted by molar-refractivity contribution is 6.13. The first kappa shape index (κ1) is 120. The topological polar surface area (TPSA) is 345 Å². The summed E-state index contributed by atoms with van der Waals surface area (Å²) in [6.07, 6.45) is 75.4. The van der Waals surface area contributed by atoms with Gasteiger partial charge in [-0.15, -0.1) is 0 Å². The Morgan fingerprint density at radius 1 is 0.139 bits per heavy atom. The Balaban J connectivity index is 1.31. The molecule has 2 aliphatic heterocycles. The lowest BCUT2D eigenvalue weighted by atomic mass is 10.1. The van der Waals surface area contributed by atoms with E-state index in [4.69, 9.17) is 67.8 Å². The van der Waals surface area contributed by atoms with Gasteiger partial charge < -0.3 is 88.7 Å². The number of hydrogen-bond donors (Lipinski definition) is 10. The van der Waals surface area contributed by atoms with E-state index in [0.717, 1.165) is 462 Å². The summed E-state index contributed by atoms with van der Waals surface area (Å²) in [4.78, 5) is 43.0. The number of aliphatic hydroxyl groups is 8. The predicted molar refractivity (Wildman–Crippen MR) is 589 cm³/mol. The Morgan fingerprint density at radius 2 is 0.250 bits per heavy atom. The van der Waals surface area contributed by atoms with E-state index in [0.29, 0.717) is 189 Å². The number of aliphatic hydroxyl groups excluding tert-OH is 8. The van der Waals surface area contributed by atoms with Crippen LogP contribution in [0.25, 0.3) is 89.7 Å². The zero-order valence-electron chi connectivity index (χ0n) is 89.4. The van der Waals surface area contributed by atoms with Crippen LogP contribution in [0.4, 0.5) is 0 Å². The van der Waals surface area contributed by atoms with Gasteiger partial charge in [-0.3, -0.25) is 0 Å². The summed E-state index contributed by atoms with van der Waals surface area (Å²) in [7, 11) is 0. The van der Waals surface area contributed by atoms with Gasteiger partial charge in [0.05, 0.1) is 96.7 Å². The normalized spacial score (nSPS) is 11.8. The minimum Gasteiger partial charge on any atom is -0.493 e. The highest BCUT2D eigenvalue weighted by atomic mass is 16.5. The van der Waals surface area contributed by atoms with Crippen LogP contribution < -0.4 is 37.9 Å². The van der Waals surface area contributed by atoms with Crippen LogP contribution in [-0.2, 0) is 0 Å². The lowest BCUT2D eigenvalue weighted by molar-refractivity contribution is 0.282. The molecule has 8 bridgehead atoms. The van der Waals surface area contributed by atoms with Crippen molar-refractivity contribution in [2.75, 3.05) is 106 Å². The number of benzene rings is 4. The summed E-state index contributed by atoms with van der Waals surface area (Å²) in [5, 5.41) is 78.5. The molecule has 5 heterocycles. The van der Waals surface area contributed by atoms with Gasteiger partial charge in [-0.1, -0.05) is 360 Å². The van der Waals surface area contributed by atoms with E-state index in [2.05, 4.69) is 9.97 Å². The number of ether oxygens (including phenoxy) is 8. The maximum atomic E-state index is 9.48. The molecule has 0 unspecified atom stereocenters. The first-order chi connectivity index (χ1) is 71.4. The second-order valence-corrected chi connectivity index (χ2v) is 40.9. The van der Waals surface area contributed by atoms with Crippen LogP contribution in [-0.4, -0.2) is 186 Å². The van der Waals surface area contributed by atoms with Crippen LogP contribution in [0, 0.1) is 0 Å². The molecule has 24 nitrogen and oxygen atoms in total. The van der Waals surface area contributed by atoms with Gasteiger partial charge >= 0.3 is 0 Å². The van der Waals surface area contributed by atoms with Crippen LogP contribution in [0.2, 0.25) is 0 Å². The standard InChI is InChI=1S/C120H194N8O16/c129-81-57-41-25-9-1-17-33-49-65-89-137-97-73-74-98(138-90-66-50-34-18-2-10-26-42-58-82-130)106-105(97)113-121-114(106)126-116-109-101(141-93-69-53-37-21-5-13-29-45-61-85-133)77-78-102(142-94-70-54-38-22-6-14-30-46-62-86-134)110(109)118(123-116)128-120-112-104(144-96-72-56-40-24-8-16-32-48-64-88-136)80-79-103(143-95-71-55-39-23-7-15-31-47-63-87-135)111(112)119(124-120)127-117-108-100(140-92-68-52-36-20-4-12-28-44-60-84-132)76-75-99(107(108)115(122-117)125-113)139-91-67-51-35-19-3-11-27-43-59-83-131/h73-80,129-136H,1-72,81-96H2,(H2,121,122,123,124,125,126,127,128). The van der Waals surface area contributed by atoms with E-state index in [1.807, 2.05) is 48.5 Å². The number of rotatable bonds is 96. The molecule has 24 heteroatoms. The third-order valence-electron chi connectivity index (χ3n) is 28.6. The first-order valence-corrected chi connectivity index (χ1v) is 58.8. The lowest BCUT2D eigenvalue weighted by Crippen LogP contribution is -2.03. The molecule has 0 saturated carbocycles. The van der Waals surface area contributed by atoms with E-state index < -0.39 is 0 Å². The molecule has 9 rings (SSSR count). The molecule has 0 radical (unpaired) electrons. The number of aromatic amines is 2. The molecule has 144 heavy (non-hydrogen) atoms. The summed E-state index contributed by atoms with van der Waals surface area (Å²) < 4.78 is 57.7. The number of nitrogens with one attached hydrogen (secondary N) is 2. The Bertz CT molecular complexity index is 4080. The van der Waals surface area contributed by atoms with Crippen molar-refractivity contribution in [1.29, 1.82) is 0 Å². The Hall–Kier alpha value is -7.68. The molecule has 0 saturated heterocycles. The highest BCUT2D eigenvalue weighted by Gasteiger charge is 2.33. The number of H-pyrrole nitrogens is 2. The summed E-state index contributed by atoms with van der Waals surface area (Å²) in [6, 6.07) is 16.3. The zero-order valence-corrected chi connectivity index (χ0v) is 89.4. The van der Waals surface area contributed by atoms with E-state index in [-0.39, 0.29) is 52.9 Å². The Labute approximate surface area is 865 Å². The molecule has 0 fully saturated rings. The minimum absolute atomic E-state index is 0.245. The number of hydrogen-bond acceptors (Lipinski definition) is 22. The summed E-state index contributed by atoms with van der Waals surface area (Å²) in [6.45, 7) is 5.55. The summed E-state index contributed by atoms with van der Waals surface area (Å²) >= 11 is 0. The molecule has 0 amide bonds. The van der Waals surface area contributed by atoms with Gasteiger partial charge in [0.25, 0.3) is 0 Å². The second-order valence-electron chi connectivity index (χ2n) is 40.9. The second kappa shape index (κ2) is 78.5. The van der Waals surface area contributed by atoms with Crippen molar-refractivity contribution in [2.45, 2.75) is 462 Å². The van der Waals surface area contributed by atoms with E-state index in [1.165, 1.54) is 0 Å². The molecule has 2 aliphatic rings. The Morgan fingerprint density at radius 3 is 0.382 bits per heavy atom. The van der Waals surface area contributed by atoms with Crippen molar-refractivity contribution in [3.8, 4) is 91.5 Å². The van der Waals surface area contributed by atoms with Gasteiger partial charge in [0.1, 0.15) is 68.6 Å². The number of nitrogens with zero attached hydrogens (tertiary/aromatic N) is 6. The maximum absolute atomic E-state index is 9.48. The molecule has 10 N–H and O–H groups in total. The number of fused-ring (bicyclic) bond motifs is 20. The Kier molecular flexibility index (Phi) is 65.4. The zero-order chi connectivity index (χ0) is 101. The van der Waals surface area contributed by atoms with Gasteiger partial charge in [0, 0.05) is 52.9 Å². The van der Waals surface area contributed by atoms with E-state index >= 15 is 0 Å². The van der Waals surface area contributed by atoms with Gasteiger partial charge in [-0.25, -0.2) is 29.9 Å². The molecule has 0 spiro atoms. The smallest absolute Gasteiger partial charge is 0.168 e. The van der Waals surface area contributed by atoms with Gasteiger partial charge in [-0.2, -0.15) is 0 Å². The average Bonchev–Trinajstić information content (AvgIpc) is 1.57. The molecule has 3 aromatic heterocycles.